The van der Waals surface area contributed by atoms with Crippen LogP contribution in [0.4, 0.5) is 0 Å². The Hall–Kier alpha value is -1.81. The zero-order valence-corrected chi connectivity index (χ0v) is 13.7. The van der Waals surface area contributed by atoms with Gasteiger partial charge in [-0.15, -0.1) is 0 Å². The van der Waals surface area contributed by atoms with E-state index in [-0.39, 0.29) is 11.9 Å². The van der Waals surface area contributed by atoms with E-state index in [1.54, 1.807) is 6.20 Å². The third-order valence-electron chi connectivity index (χ3n) is 3.38. The summed E-state index contributed by atoms with van der Waals surface area (Å²) < 4.78 is 5.68. The number of benzene rings is 1. The topological polar surface area (TPSA) is 55.1 Å². The fourth-order valence-corrected chi connectivity index (χ4v) is 2.37. The van der Waals surface area contributed by atoms with Crippen molar-refractivity contribution >= 4 is 17.5 Å². The quantitative estimate of drug-likeness (QED) is 0.830. The van der Waals surface area contributed by atoms with E-state index in [0.717, 1.165) is 18.4 Å². The molecule has 0 spiro atoms. The van der Waals surface area contributed by atoms with Gasteiger partial charge in [-0.2, -0.15) is 0 Å². The summed E-state index contributed by atoms with van der Waals surface area (Å²) in [5.74, 6) is 1.29. The van der Waals surface area contributed by atoms with E-state index in [1.807, 2.05) is 31.2 Å². The van der Waals surface area contributed by atoms with Crippen LogP contribution in [0.5, 0.6) is 0 Å². The second-order valence-corrected chi connectivity index (χ2v) is 5.82. The number of hydrogen-bond donors (Lipinski definition) is 1. The Morgan fingerprint density at radius 3 is 2.77 bits per heavy atom. The fraction of sp³-hybridized carbons (Fsp3) is 0.412. The van der Waals surface area contributed by atoms with Crippen LogP contribution in [0.15, 0.2) is 34.9 Å². The number of aryl methyl sites for hydroxylation is 1. The highest BCUT2D eigenvalue weighted by Gasteiger charge is 2.10. The molecular formula is C17H21ClN2O2. The van der Waals surface area contributed by atoms with Gasteiger partial charge in [0.15, 0.2) is 11.7 Å². The van der Waals surface area contributed by atoms with Gasteiger partial charge in [0, 0.05) is 29.5 Å². The van der Waals surface area contributed by atoms with Crippen LogP contribution in [0.25, 0.3) is 11.3 Å². The number of carbonyl (C=O) groups excluding carboxylic acids is 1. The number of hydrogen-bond acceptors (Lipinski definition) is 3. The van der Waals surface area contributed by atoms with Gasteiger partial charge in [0.05, 0.1) is 6.20 Å². The summed E-state index contributed by atoms with van der Waals surface area (Å²) >= 11 is 5.86. The molecule has 4 nitrogen and oxygen atoms in total. The first-order valence-electron chi connectivity index (χ1n) is 7.58. The van der Waals surface area contributed by atoms with Crippen molar-refractivity contribution in [3.8, 4) is 11.3 Å². The Balaban J connectivity index is 1.87. The van der Waals surface area contributed by atoms with Crippen molar-refractivity contribution in [1.29, 1.82) is 0 Å². The van der Waals surface area contributed by atoms with Gasteiger partial charge >= 0.3 is 0 Å². The zero-order valence-electron chi connectivity index (χ0n) is 12.9. The lowest BCUT2D eigenvalue weighted by molar-refractivity contribution is -0.121. The van der Waals surface area contributed by atoms with Gasteiger partial charge in [-0.25, -0.2) is 4.98 Å². The first-order valence-corrected chi connectivity index (χ1v) is 7.96. The van der Waals surface area contributed by atoms with Crippen LogP contribution in [0.3, 0.4) is 0 Å². The number of oxazole rings is 1. The van der Waals surface area contributed by atoms with Crippen LogP contribution >= 0.6 is 11.6 Å². The SMILES string of the molecule is CCC[C@@H](C)NC(=O)CCc1ncc(-c2ccc(Cl)cc2)o1. The third kappa shape index (κ3) is 4.88. The molecule has 2 rings (SSSR count). The highest BCUT2D eigenvalue weighted by atomic mass is 35.5. The smallest absolute Gasteiger partial charge is 0.220 e. The van der Waals surface area contributed by atoms with Crippen molar-refractivity contribution in [2.45, 2.75) is 45.6 Å². The summed E-state index contributed by atoms with van der Waals surface area (Å²) in [4.78, 5) is 16.0. The summed E-state index contributed by atoms with van der Waals surface area (Å²) in [6.07, 6.45) is 4.61. The molecule has 1 aromatic carbocycles. The Labute approximate surface area is 135 Å². The van der Waals surface area contributed by atoms with Gasteiger partial charge in [0.2, 0.25) is 5.91 Å². The number of nitrogens with one attached hydrogen (secondary N) is 1. The molecule has 22 heavy (non-hydrogen) atoms. The van der Waals surface area contributed by atoms with Gasteiger partial charge in [-0.3, -0.25) is 4.79 Å². The molecular weight excluding hydrogens is 300 g/mol. The first-order chi connectivity index (χ1) is 10.6. The lowest BCUT2D eigenvalue weighted by Gasteiger charge is -2.11. The predicted octanol–water partition coefficient (Wildman–Crippen LogP) is 4.23. The number of nitrogens with zero attached hydrogens (tertiary/aromatic N) is 1. The minimum absolute atomic E-state index is 0.0344. The fourth-order valence-electron chi connectivity index (χ4n) is 2.25. The average Bonchev–Trinajstić information content (AvgIpc) is 2.95. The van der Waals surface area contributed by atoms with Gasteiger partial charge in [-0.1, -0.05) is 24.9 Å². The van der Waals surface area contributed by atoms with E-state index in [0.29, 0.717) is 29.5 Å². The molecule has 1 amide bonds. The normalized spacial score (nSPS) is 12.1. The van der Waals surface area contributed by atoms with Crippen molar-refractivity contribution in [1.82, 2.24) is 10.3 Å². The average molecular weight is 321 g/mol. The maximum atomic E-state index is 11.8. The molecule has 0 aliphatic heterocycles. The number of carbonyl (C=O) groups is 1. The largest absolute Gasteiger partial charge is 0.441 e. The molecule has 2 aromatic rings. The molecule has 1 atom stereocenters. The van der Waals surface area contributed by atoms with Crippen LogP contribution in [0.1, 0.15) is 39.0 Å². The summed E-state index contributed by atoms with van der Waals surface area (Å²) in [5.41, 5.74) is 0.921. The lowest BCUT2D eigenvalue weighted by Crippen LogP contribution is -2.32. The Kier molecular flexibility index (Phi) is 6.01. The first kappa shape index (κ1) is 16.6. The van der Waals surface area contributed by atoms with Crippen LogP contribution in [0.2, 0.25) is 5.02 Å². The van der Waals surface area contributed by atoms with E-state index in [4.69, 9.17) is 16.0 Å². The molecule has 0 fully saturated rings. The number of rotatable bonds is 7. The minimum atomic E-state index is 0.0344. The monoisotopic (exact) mass is 320 g/mol. The number of aromatic nitrogens is 1. The van der Waals surface area contributed by atoms with Crippen LogP contribution in [0, 0.1) is 0 Å². The van der Waals surface area contributed by atoms with Crippen molar-refractivity contribution in [2.24, 2.45) is 0 Å². The van der Waals surface area contributed by atoms with E-state index < -0.39 is 0 Å². The van der Waals surface area contributed by atoms with Crippen LogP contribution in [-0.2, 0) is 11.2 Å². The molecule has 0 bridgehead atoms. The highest BCUT2D eigenvalue weighted by molar-refractivity contribution is 6.30. The minimum Gasteiger partial charge on any atom is -0.441 e. The maximum absolute atomic E-state index is 11.8. The molecule has 0 saturated heterocycles. The molecule has 1 N–H and O–H groups in total. The van der Waals surface area contributed by atoms with E-state index >= 15 is 0 Å². The summed E-state index contributed by atoms with van der Waals surface area (Å²) in [6.45, 7) is 4.12. The van der Waals surface area contributed by atoms with Gasteiger partial charge < -0.3 is 9.73 Å². The maximum Gasteiger partial charge on any atom is 0.220 e. The zero-order chi connectivity index (χ0) is 15.9. The summed E-state index contributed by atoms with van der Waals surface area (Å²) in [7, 11) is 0. The van der Waals surface area contributed by atoms with Crippen molar-refractivity contribution in [3.05, 3.63) is 41.4 Å². The van der Waals surface area contributed by atoms with Gasteiger partial charge in [0.25, 0.3) is 0 Å². The number of halogens is 1. The molecule has 118 valence electrons. The van der Waals surface area contributed by atoms with E-state index in [1.165, 1.54) is 0 Å². The van der Waals surface area contributed by atoms with Gasteiger partial charge in [-0.05, 0) is 37.6 Å². The van der Waals surface area contributed by atoms with Crippen molar-refractivity contribution in [2.75, 3.05) is 0 Å². The van der Waals surface area contributed by atoms with E-state index in [9.17, 15) is 4.79 Å². The predicted molar refractivity (Wildman–Crippen MR) is 87.8 cm³/mol. The third-order valence-corrected chi connectivity index (χ3v) is 3.63. The second-order valence-electron chi connectivity index (χ2n) is 5.38. The van der Waals surface area contributed by atoms with E-state index in [2.05, 4.69) is 17.2 Å². The molecule has 1 aromatic heterocycles. The molecule has 0 aliphatic carbocycles. The molecule has 0 aliphatic rings. The Bertz CT molecular complexity index is 607. The summed E-state index contributed by atoms with van der Waals surface area (Å²) in [6, 6.07) is 7.59. The Morgan fingerprint density at radius 1 is 1.36 bits per heavy atom. The lowest BCUT2D eigenvalue weighted by atomic mass is 10.2. The Morgan fingerprint density at radius 2 is 2.09 bits per heavy atom. The molecule has 0 saturated carbocycles. The highest BCUT2D eigenvalue weighted by Crippen LogP contribution is 2.22. The molecule has 5 heteroatoms. The van der Waals surface area contributed by atoms with Crippen LogP contribution < -0.4 is 5.32 Å². The van der Waals surface area contributed by atoms with Gasteiger partial charge in [0.1, 0.15) is 0 Å². The summed E-state index contributed by atoms with van der Waals surface area (Å²) in [5, 5.41) is 3.65. The van der Waals surface area contributed by atoms with Crippen molar-refractivity contribution < 1.29 is 9.21 Å². The molecule has 0 radical (unpaired) electrons. The standard InChI is InChI=1S/C17H21ClN2O2/c1-3-4-12(2)20-16(21)9-10-17-19-11-15(22-17)13-5-7-14(18)8-6-13/h5-8,11-12H,3-4,9-10H2,1-2H3,(H,20,21)/t12-/m1/s1. The molecule has 1 heterocycles. The second kappa shape index (κ2) is 7.99. The van der Waals surface area contributed by atoms with Crippen molar-refractivity contribution in [3.63, 3.8) is 0 Å². The molecule has 0 unspecified atom stereocenters. The van der Waals surface area contributed by atoms with Crippen LogP contribution in [-0.4, -0.2) is 16.9 Å². The number of amides is 1.